The van der Waals surface area contributed by atoms with Crippen molar-refractivity contribution in [2.24, 2.45) is 0 Å². The van der Waals surface area contributed by atoms with Crippen molar-refractivity contribution in [2.75, 3.05) is 13.7 Å². The van der Waals surface area contributed by atoms with Crippen molar-refractivity contribution in [1.82, 2.24) is 5.32 Å². The quantitative estimate of drug-likeness (QED) is 0.204. The van der Waals surface area contributed by atoms with Gasteiger partial charge in [-0.25, -0.2) is 9.59 Å². The summed E-state index contributed by atoms with van der Waals surface area (Å²) in [6.45, 7) is 6.43. The third-order valence-corrected chi connectivity index (χ3v) is 6.70. The predicted octanol–water partition coefficient (Wildman–Crippen LogP) is 1.00. The molecule has 3 rings (SSSR count). The number of carbonyl (C=O) groups is 6. The zero-order chi connectivity index (χ0) is 34.3. The summed E-state index contributed by atoms with van der Waals surface area (Å²) in [5.41, 5.74) is 0.0769. The largest absolute Gasteiger partial charge is 0.464 e. The molecule has 1 aromatic carbocycles. The summed E-state index contributed by atoms with van der Waals surface area (Å²) in [4.78, 5) is 86.4. The van der Waals surface area contributed by atoms with E-state index in [2.05, 4.69) is 5.32 Å². The van der Waals surface area contributed by atoms with Gasteiger partial charge in [0.15, 0.2) is 12.2 Å². The molecule has 0 bridgehead atoms. The summed E-state index contributed by atoms with van der Waals surface area (Å²) in [6.07, 6.45) is -6.95. The molecule has 16 heteroatoms. The van der Waals surface area contributed by atoms with Crippen molar-refractivity contribution in [1.29, 1.82) is 0 Å². The number of fused-ring (bicyclic) bond motifs is 1. The molecule has 46 heavy (non-hydrogen) atoms. The number of rotatable bonds is 11. The van der Waals surface area contributed by atoms with E-state index in [1.807, 2.05) is 0 Å². The zero-order valence-electron chi connectivity index (χ0n) is 26.2. The highest BCUT2D eigenvalue weighted by Gasteiger charge is 2.60. The van der Waals surface area contributed by atoms with Crippen LogP contribution in [0.3, 0.4) is 0 Å². The number of methoxy groups -OCH3 is 1. The Morgan fingerprint density at radius 2 is 1.63 bits per heavy atom. The maximum atomic E-state index is 13.5. The Hall–Kier alpha value is -4.99. The van der Waals surface area contributed by atoms with E-state index in [0.717, 1.165) is 41.7 Å². The van der Waals surface area contributed by atoms with Crippen molar-refractivity contribution in [3.05, 3.63) is 40.2 Å². The van der Waals surface area contributed by atoms with Crippen molar-refractivity contribution < 1.29 is 66.3 Å². The summed E-state index contributed by atoms with van der Waals surface area (Å²) < 4.78 is 44.1. The molecule has 0 radical (unpaired) electrons. The van der Waals surface area contributed by atoms with E-state index >= 15 is 0 Å². The van der Waals surface area contributed by atoms with Gasteiger partial charge in [0, 0.05) is 52.1 Å². The summed E-state index contributed by atoms with van der Waals surface area (Å²) in [6, 6.07) is 4.27. The Kier molecular flexibility index (Phi) is 11.5. The van der Waals surface area contributed by atoms with Gasteiger partial charge in [0.2, 0.25) is 5.91 Å². The van der Waals surface area contributed by atoms with Crippen molar-refractivity contribution in [2.45, 2.75) is 84.2 Å². The number of benzene rings is 1. The SMILES string of the molecule is COC(=O)[C@@]1(Oc2ccc3c(C)cc(=O)oc3c2)C[C@H](OC(C)=O)[C@@H](NC(C)=O)[C@H]([C@H](OC(C)=O)[C@H](COC(C)=O)OC(C)=O)O1. The Bertz CT molecular complexity index is 1570. The molecule has 1 saturated heterocycles. The Labute approximate surface area is 262 Å². The van der Waals surface area contributed by atoms with E-state index in [-0.39, 0.29) is 11.3 Å². The molecule has 1 N–H and O–H groups in total. The lowest BCUT2D eigenvalue weighted by atomic mass is 9.88. The topological polar surface area (TPSA) is 209 Å². The molecular weight excluding hydrogens is 614 g/mol. The number of amides is 1. The minimum absolute atomic E-state index is 0.0644. The summed E-state index contributed by atoms with van der Waals surface area (Å²) >= 11 is 0. The van der Waals surface area contributed by atoms with E-state index in [1.54, 1.807) is 13.0 Å². The van der Waals surface area contributed by atoms with Crippen LogP contribution in [0.25, 0.3) is 11.0 Å². The second-order valence-corrected chi connectivity index (χ2v) is 10.4. The molecule has 2 heterocycles. The van der Waals surface area contributed by atoms with Crippen molar-refractivity contribution in [3.8, 4) is 5.75 Å². The van der Waals surface area contributed by atoms with Gasteiger partial charge in [0.25, 0.3) is 0 Å². The fraction of sp³-hybridized carbons (Fsp3) is 0.500. The van der Waals surface area contributed by atoms with Crippen LogP contribution in [0, 0.1) is 6.92 Å². The Balaban J connectivity index is 2.25. The first kappa shape index (κ1) is 35.5. The highest BCUT2D eigenvalue weighted by molar-refractivity contribution is 5.82. The first-order valence-electron chi connectivity index (χ1n) is 14.0. The Morgan fingerprint density at radius 3 is 2.20 bits per heavy atom. The van der Waals surface area contributed by atoms with Crippen LogP contribution < -0.4 is 15.7 Å². The first-order valence-corrected chi connectivity index (χ1v) is 14.0. The second kappa shape index (κ2) is 14.9. The van der Waals surface area contributed by atoms with Crippen LogP contribution in [-0.4, -0.2) is 85.7 Å². The summed E-state index contributed by atoms with van der Waals surface area (Å²) in [5, 5.41) is 3.14. The molecule has 2 aromatic rings. The third kappa shape index (κ3) is 8.80. The number of carbonyl (C=O) groups excluding carboxylic acids is 6. The minimum Gasteiger partial charge on any atom is -0.464 e. The minimum atomic E-state index is -2.48. The molecule has 16 nitrogen and oxygen atoms in total. The van der Waals surface area contributed by atoms with Gasteiger partial charge in [-0.05, 0) is 24.6 Å². The number of aryl methyl sites for hydroxylation is 1. The van der Waals surface area contributed by atoms with Gasteiger partial charge in [-0.1, -0.05) is 0 Å². The van der Waals surface area contributed by atoms with E-state index in [4.69, 9.17) is 37.6 Å². The van der Waals surface area contributed by atoms with Crippen molar-refractivity contribution in [3.63, 3.8) is 0 Å². The van der Waals surface area contributed by atoms with E-state index < -0.39 is 90.7 Å². The van der Waals surface area contributed by atoms with Gasteiger partial charge in [0.1, 0.15) is 30.1 Å². The monoisotopic (exact) mass is 649 g/mol. The van der Waals surface area contributed by atoms with Gasteiger partial charge in [-0.2, -0.15) is 0 Å². The van der Waals surface area contributed by atoms with Gasteiger partial charge in [0.05, 0.1) is 19.6 Å². The van der Waals surface area contributed by atoms with Gasteiger partial charge >= 0.3 is 41.3 Å². The fourth-order valence-electron chi connectivity index (χ4n) is 5.06. The molecule has 1 fully saturated rings. The summed E-state index contributed by atoms with van der Waals surface area (Å²) in [7, 11) is 1.03. The normalized spacial score (nSPS) is 22.0. The standard InChI is InChI=1S/C30H35NO15/c1-14-10-25(37)44-22-11-20(8-9-21(14)22)45-30(29(38)39-7)12-23(41-17(4)34)26(31-15(2)32)28(46-30)27(43-19(6)36)24(42-18(5)35)13-40-16(3)33/h8-11,23-24,26-28H,12-13H2,1-7H3,(H,31,32)/t23-,24-,26+,27+,28+,30+/m0/s1. The van der Waals surface area contributed by atoms with Crippen molar-refractivity contribution >= 4 is 46.7 Å². The molecule has 1 amide bonds. The van der Waals surface area contributed by atoms with Crippen LogP contribution in [0.15, 0.2) is 33.5 Å². The smallest absolute Gasteiger partial charge is 0.379 e. The Morgan fingerprint density at radius 1 is 0.957 bits per heavy atom. The molecule has 250 valence electrons. The highest BCUT2D eigenvalue weighted by atomic mass is 16.7. The lowest BCUT2D eigenvalue weighted by Crippen LogP contribution is -2.70. The average molecular weight is 650 g/mol. The predicted molar refractivity (Wildman–Crippen MR) is 153 cm³/mol. The van der Waals surface area contributed by atoms with Crippen LogP contribution in [0.4, 0.5) is 0 Å². The maximum absolute atomic E-state index is 13.5. The van der Waals surface area contributed by atoms with Crippen LogP contribution in [0.5, 0.6) is 5.75 Å². The van der Waals surface area contributed by atoms with Crippen LogP contribution in [-0.2, 0) is 57.2 Å². The average Bonchev–Trinajstić information content (AvgIpc) is 2.93. The van der Waals surface area contributed by atoms with Crippen LogP contribution in [0.1, 0.15) is 46.6 Å². The van der Waals surface area contributed by atoms with E-state index in [9.17, 15) is 33.6 Å². The molecule has 1 aliphatic rings. The highest BCUT2D eigenvalue weighted by Crippen LogP contribution is 2.38. The van der Waals surface area contributed by atoms with Crippen LogP contribution in [0.2, 0.25) is 0 Å². The molecule has 0 spiro atoms. The number of hydrogen-bond acceptors (Lipinski definition) is 15. The van der Waals surface area contributed by atoms with Gasteiger partial charge in [-0.15, -0.1) is 0 Å². The van der Waals surface area contributed by atoms with Gasteiger partial charge < -0.3 is 42.9 Å². The number of ether oxygens (including phenoxy) is 7. The zero-order valence-corrected chi connectivity index (χ0v) is 26.2. The second-order valence-electron chi connectivity index (χ2n) is 10.4. The van der Waals surface area contributed by atoms with E-state index in [0.29, 0.717) is 10.9 Å². The number of esters is 5. The first-order chi connectivity index (χ1) is 21.5. The molecule has 0 saturated carbocycles. The lowest BCUT2D eigenvalue weighted by Gasteiger charge is -2.48. The maximum Gasteiger partial charge on any atom is 0.379 e. The number of hydrogen-bond donors (Lipinski definition) is 1. The lowest BCUT2D eigenvalue weighted by molar-refractivity contribution is -0.289. The van der Waals surface area contributed by atoms with Gasteiger partial charge in [-0.3, -0.25) is 24.0 Å². The molecular formula is C30H35NO15. The molecule has 6 atom stereocenters. The molecule has 0 aliphatic carbocycles. The molecule has 0 unspecified atom stereocenters. The van der Waals surface area contributed by atoms with Crippen LogP contribution >= 0.6 is 0 Å². The third-order valence-electron chi connectivity index (χ3n) is 6.70. The van der Waals surface area contributed by atoms with E-state index in [1.165, 1.54) is 18.2 Å². The number of nitrogens with one attached hydrogen (secondary N) is 1. The summed E-state index contributed by atoms with van der Waals surface area (Å²) in [5.74, 6) is -7.73. The molecule has 1 aliphatic heterocycles. The fourth-order valence-corrected chi connectivity index (χ4v) is 5.06. The molecule has 1 aromatic heterocycles.